The molecule has 1 heterocycles. The summed E-state index contributed by atoms with van der Waals surface area (Å²) >= 11 is 0. The molecule has 2 rings (SSSR count). The maximum Gasteiger partial charge on any atom is 0.0642 e. The molecule has 0 amide bonds. The van der Waals surface area contributed by atoms with Gasteiger partial charge in [0, 0.05) is 18.8 Å². The van der Waals surface area contributed by atoms with E-state index in [9.17, 15) is 0 Å². The van der Waals surface area contributed by atoms with Crippen LogP contribution in [0.3, 0.4) is 0 Å². The van der Waals surface area contributed by atoms with Crippen molar-refractivity contribution in [1.29, 1.82) is 0 Å². The Labute approximate surface area is 104 Å². The smallest absolute Gasteiger partial charge is 0.0642 e. The summed E-state index contributed by atoms with van der Waals surface area (Å²) in [6, 6.07) is 8.89. The first-order valence-corrected chi connectivity index (χ1v) is 6.44. The molecule has 17 heavy (non-hydrogen) atoms. The quantitative estimate of drug-likeness (QED) is 0.865. The number of nitrogens with zero attached hydrogens (tertiary/aromatic N) is 1. The largest absolute Gasteiger partial charge is 0.378 e. The average Bonchev–Trinajstić information content (AvgIpc) is 2.40. The van der Waals surface area contributed by atoms with Crippen LogP contribution in [0.5, 0.6) is 0 Å². The van der Waals surface area contributed by atoms with Gasteiger partial charge in [-0.1, -0.05) is 19.1 Å². The summed E-state index contributed by atoms with van der Waals surface area (Å²) in [6.07, 6.45) is 1.05. The minimum absolute atomic E-state index is 0.554. The monoisotopic (exact) mass is 234 g/mol. The number of ether oxygens (including phenoxy) is 1. The zero-order chi connectivity index (χ0) is 12.1. The van der Waals surface area contributed by atoms with E-state index in [0.717, 1.165) is 39.3 Å². The lowest BCUT2D eigenvalue weighted by atomic mass is 9.97. The average molecular weight is 234 g/mol. The number of anilines is 1. The lowest BCUT2D eigenvalue weighted by Gasteiger charge is -2.29. The molecule has 1 unspecified atom stereocenters. The molecular weight excluding hydrogens is 212 g/mol. The molecule has 1 saturated heterocycles. The molecule has 0 bridgehead atoms. The Morgan fingerprint density at radius 3 is 2.47 bits per heavy atom. The van der Waals surface area contributed by atoms with Gasteiger partial charge in [-0.25, -0.2) is 0 Å². The fraction of sp³-hybridized carbons (Fsp3) is 0.571. The molecule has 1 fully saturated rings. The summed E-state index contributed by atoms with van der Waals surface area (Å²) < 4.78 is 5.36. The Kier molecular flexibility index (Phi) is 4.40. The molecular formula is C14H22N2O. The molecule has 0 spiro atoms. The van der Waals surface area contributed by atoms with Gasteiger partial charge in [0.1, 0.15) is 0 Å². The van der Waals surface area contributed by atoms with E-state index in [2.05, 4.69) is 36.1 Å². The van der Waals surface area contributed by atoms with Crippen LogP contribution in [0.1, 0.15) is 24.8 Å². The van der Waals surface area contributed by atoms with Crippen LogP contribution in [0.2, 0.25) is 0 Å². The van der Waals surface area contributed by atoms with Crippen molar-refractivity contribution in [3.8, 4) is 0 Å². The van der Waals surface area contributed by atoms with E-state index in [1.165, 1.54) is 11.3 Å². The first kappa shape index (κ1) is 12.4. The third-order valence-electron chi connectivity index (χ3n) is 3.44. The fourth-order valence-corrected chi connectivity index (χ4v) is 2.25. The van der Waals surface area contributed by atoms with Crippen molar-refractivity contribution in [1.82, 2.24) is 0 Å². The van der Waals surface area contributed by atoms with Crippen LogP contribution in [-0.4, -0.2) is 32.8 Å². The van der Waals surface area contributed by atoms with Crippen molar-refractivity contribution >= 4 is 5.69 Å². The fourth-order valence-electron chi connectivity index (χ4n) is 2.25. The van der Waals surface area contributed by atoms with Gasteiger partial charge in [0.2, 0.25) is 0 Å². The van der Waals surface area contributed by atoms with Crippen molar-refractivity contribution in [3.63, 3.8) is 0 Å². The zero-order valence-corrected chi connectivity index (χ0v) is 10.6. The third kappa shape index (κ3) is 3.20. The maximum atomic E-state index is 5.59. The molecule has 1 aromatic rings. The van der Waals surface area contributed by atoms with Crippen LogP contribution in [0.15, 0.2) is 24.3 Å². The van der Waals surface area contributed by atoms with Crippen LogP contribution >= 0.6 is 0 Å². The highest BCUT2D eigenvalue weighted by Gasteiger charge is 2.11. The second kappa shape index (κ2) is 6.03. The Balaban J connectivity index is 2.01. The van der Waals surface area contributed by atoms with Gasteiger partial charge in [0.25, 0.3) is 0 Å². The molecule has 0 aliphatic carbocycles. The van der Waals surface area contributed by atoms with E-state index in [1.54, 1.807) is 0 Å². The summed E-state index contributed by atoms with van der Waals surface area (Å²) in [6.45, 7) is 6.66. The van der Waals surface area contributed by atoms with Crippen LogP contribution in [0.4, 0.5) is 5.69 Å². The highest BCUT2D eigenvalue weighted by atomic mass is 16.5. The van der Waals surface area contributed by atoms with Gasteiger partial charge in [-0.15, -0.1) is 0 Å². The first-order chi connectivity index (χ1) is 8.31. The number of rotatable bonds is 4. The Morgan fingerprint density at radius 2 is 1.88 bits per heavy atom. The Morgan fingerprint density at radius 1 is 1.24 bits per heavy atom. The maximum absolute atomic E-state index is 5.59. The Hall–Kier alpha value is -1.06. The van der Waals surface area contributed by atoms with Crippen LogP contribution in [0, 0.1) is 0 Å². The molecule has 1 aromatic carbocycles. The zero-order valence-electron chi connectivity index (χ0n) is 10.6. The molecule has 1 atom stereocenters. The van der Waals surface area contributed by atoms with Gasteiger partial charge < -0.3 is 15.4 Å². The molecule has 0 aromatic heterocycles. The summed E-state index contributed by atoms with van der Waals surface area (Å²) in [7, 11) is 0. The summed E-state index contributed by atoms with van der Waals surface area (Å²) in [5.41, 5.74) is 8.28. The first-order valence-electron chi connectivity index (χ1n) is 6.44. The van der Waals surface area contributed by atoms with E-state index in [0.29, 0.717) is 5.92 Å². The van der Waals surface area contributed by atoms with Crippen LogP contribution < -0.4 is 10.6 Å². The molecule has 0 saturated carbocycles. The third-order valence-corrected chi connectivity index (χ3v) is 3.44. The molecule has 1 aliphatic rings. The van der Waals surface area contributed by atoms with Gasteiger partial charge in [0.15, 0.2) is 0 Å². The van der Waals surface area contributed by atoms with E-state index in [-0.39, 0.29) is 0 Å². The van der Waals surface area contributed by atoms with E-state index in [1.807, 2.05) is 0 Å². The number of morpholine rings is 1. The number of hydrogen-bond acceptors (Lipinski definition) is 3. The van der Waals surface area contributed by atoms with E-state index < -0.39 is 0 Å². The van der Waals surface area contributed by atoms with Gasteiger partial charge in [-0.05, 0) is 36.6 Å². The lowest BCUT2D eigenvalue weighted by molar-refractivity contribution is 0.122. The lowest BCUT2D eigenvalue weighted by Crippen LogP contribution is -2.36. The normalized spacial score (nSPS) is 18.1. The summed E-state index contributed by atoms with van der Waals surface area (Å²) in [5.74, 6) is 0.554. The van der Waals surface area contributed by atoms with Gasteiger partial charge in [0.05, 0.1) is 13.2 Å². The van der Waals surface area contributed by atoms with Crippen molar-refractivity contribution in [2.45, 2.75) is 19.3 Å². The SMILES string of the molecule is CC(CCN)c1ccc(N2CCOCC2)cc1. The van der Waals surface area contributed by atoms with Crippen molar-refractivity contribution in [3.05, 3.63) is 29.8 Å². The molecule has 1 aliphatic heterocycles. The minimum Gasteiger partial charge on any atom is -0.378 e. The highest BCUT2D eigenvalue weighted by molar-refractivity contribution is 5.48. The van der Waals surface area contributed by atoms with Gasteiger partial charge in [-0.3, -0.25) is 0 Å². The van der Waals surface area contributed by atoms with Crippen LogP contribution in [0.25, 0.3) is 0 Å². The van der Waals surface area contributed by atoms with Gasteiger partial charge >= 0.3 is 0 Å². The van der Waals surface area contributed by atoms with E-state index >= 15 is 0 Å². The molecule has 94 valence electrons. The minimum atomic E-state index is 0.554. The second-order valence-corrected chi connectivity index (χ2v) is 4.67. The molecule has 3 nitrogen and oxygen atoms in total. The molecule has 2 N–H and O–H groups in total. The molecule has 3 heteroatoms. The Bertz CT molecular complexity index is 331. The number of nitrogens with two attached hydrogens (primary N) is 1. The van der Waals surface area contributed by atoms with Crippen LogP contribution in [-0.2, 0) is 4.74 Å². The summed E-state index contributed by atoms with van der Waals surface area (Å²) in [5, 5.41) is 0. The standard InChI is InChI=1S/C14H22N2O/c1-12(6-7-15)13-2-4-14(5-3-13)16-8-10-17-11-9-16/h2-5,12H,6-11,15H2,1H3. The van der Waals surface area contributed by atoms with Crippen molar-refractivity contribution in [2.24, 2.45) is 5.73 Å². The summed E-state index contributed by atoms with van der Waals surface area (Å²) in [4.78, 5) is 2.38. The van der Waals surface area contributed by atoms with Crippen molar-refractivity contribution < 1.29 is 4.74 Å². The predicted molar refractivity (Wildman–Crippen MR) is 71.6 cm³/mol. The highest BCUT2D eigenvalue weighted by Crippen LogP contribution is 2.22. The predicted octanol–water partition coefficient (Wildman–Crippen LogP) is 1.98. The topological polar surface area (TPSA) is 38.5 Å². The molecule has 0 radical (unpaired) electrons. The van der Waals surface area contributed by atoms with Gasteiger partial charge in [-0.2, -0.15) is 0 Å². The second-order valence-electron chi connectivity index (χ2n) is 4.67. The number of hydrogen-bond donors (Lipinski definition) is 1. The van der Waals surface area contributed by atoms with E-state index in [4.69, 9.17) is 10.5 Å². The van der Waals surface area contributed by atoms with Crippen molar-refractivity contribution in [2.75, 3.05) is 37.7 Å². The number of benzene rings is 1.